The molecular weight excluding hydrogens is 194 g/mol. The highest BCUT2D eigenvalue weighted by Crippen LogP contribution is 2.26. The maximum Gasteiger partial charge on any atom is 0.0778 e. The largest absolute Gasteiger partial charge is 0.376 e. The summed E-state index contributed by atoms with van der Waals surface area (Å²) in [6.07, 6.45) is 2.55. The number of benzene rings is 1. The summed E-state index contributed by atoms with van der Waals surface area (Å²) in [4.78, 5) is 0. The van der Waals surface area contributed by atoms with Gasteiger partial charge < -0.3 is 4.74 Å². The lowest BCUT2D eigenvalue weighted by Crippen LogP contribution is -2.25. The highest BCUT2D eigenvalue weighted by Gasteiger charge is 2.25. The molecule has 1 fully saturated rings. The molecule has 76 valence electrons. The monoisotopic (exact) mass is 209 g/mol. The molecule has 2 unspecified atom stereocenters. The molecule has 1 heterocycles. The minimum Gasteiger partial charge on any atom is -0.376 e. The van der Waals surface area contributed by atoms with Crippen molar-refractivity contribution in [1.82, 2.24) is 4.72 Å². The summed E-state index contributed by atoms with van der Waals surface area (Å²) in [5.41, 5.74) is 1.24. The molecule has 0 saturated carbocycles. The van der Waals surface area contributed by atoms with Crippen LogP contribution >= 0.6 is 12.8 Å². The van der Waals surface area contributed by atoms with E-state index in [2.05, 4.69) is 29.7 Å². The van der Waals surface area contributed by atoms with Gasteiger partial charge in [-0.3, -0.25) is 4.72 Å². The summed E-state index contributed by atoms with van der Waals surface area (Å²) < 4.78 is 8.68. The van der Waals surface area contributed by atoms with Crippen molar-refractivity contribution in [3.63, 3.8) is 0 Å². The summed E-state index contributed by atoms with van der Waals surface area (Å²) in [7, 11) is 0. The Kier molecular flexibility index (Phi) is 3.45. The molecule has 1 aliphatic rings. The Bertz CT molecular complexity index is 272. The third kappa shape index (κ3) is 2.11. The van der Waals surface area contributed by atoms with E-state index in [1.165, 1.54) is 5.56 Å². The van der Waals surface area contributed by atoms with E-state index in [0.29, 0.717) is 0 Å². The van der Waals surface area contributed by atoms with Crippen LogP contribution in [0.4, 0.5) is 0 Å². The first-order chi connectivity index (χ1) is 6.92. The number of ether oxygens (including phenoxy) is 1. The Morgan fingerprint density at radius 1 is 1.36 bits per heavy atom. The molecule has 1 aliphatic heterocycles. The molecule has 0 bridgehead atoms. The van der Waals surface area contributed by atoms with Crippen LogP contribution in [0.1, 0.15) is 24.4 Å². The summed E-state index contributed by atoms with van der Waals surface area (Å²) >= 11 is 4.17. The molecule has 0 aromatic heterocycles. The van der Waals surface area contributed by atoms with Crippen molar-refractivity contribution in [1.29, 1.82) is 0 Å². The van der Waals surface area contributed by atoms with Crippen LogP contribution in [0.15, 0.2) is 30.3 Å². The van der Waals surface area contributed by atoms with Gasteiger partial charge in [0, 0.05) is 6.61 Å². The average Bonchev–Trinajstić information content (AvgIpc) is 2.74. The fourth-order valence-corrected chi connectivity index (χ4v) is 2.21. The van der Waals surface area contributed by atoms with Gasteiger partial charge in [-0.25, -0.2) is 0 Å². The minimum atomic E-state index is 0.210. The van der Waals surface area contributed by atoms with Gasteiger partial charge in [-0.05, 0) is 18.4 Å². The molecular formula is C11H15NOS. The molecule has 1 aromatic rings. The fourth-order valence-electron chi connectivity index (χ4n) is 1.90. The zero-order chi connectivity index (χ0) is 9.80. The molecule has 1 aromatic carbocycles. The zero-order valence-electron chi connectivity index (χ0n) is 8.02. The van der Waals surface area contributed by atoms with E-state index in [-0.39, 0.29) is 12.1 Å². The van der Waals surface area contributed by atoms with Crippen LogP contribution in [0, 0.1) is 0 Å². The van der Waals surface area contributed by atoms with E-state index in [4.69, 9.17) is 4.74 Å². The fraction of sp³-hybridized carbons (Fsp3) is 0.455. The third-order valence-electron chi connectivity index (χ3n) is 2.63. The van der Waals surface area contributed by atoms with Gasteiger partial charge in [-0.1, -0.05) is 43.1 Å². The van der Waals surface area contributed by atoms with Gasteiger partial charge in [-0.2, -0.15) is 0 Å². The van der Waals surface area contributed by atoms with Crippen LogP contribution < -0.4 is 4.72 Å². The van der Waals surface area contributed by atoms with Crippen LogP contribution in [0.25, 0.3) is 0 Å². The SMILES string of the molecule is SNC(c1ccccc1)C1CCCO1. The Balaban J connectivity index is 2.12. The van der Waals surface area contributed by atoms with Gasteiger partial charge >= 0.3 is 0 Å². The summed E-state index contributed by atoms with van der Waals surface area (Å²) in [5, 5.41) is 0. The lowest BCUT2D eigenvalue weighted by atomic mass is 10.0. The second kappa shape index (κ2) is 4.82. The molecule has 1 saturated heterocycles. The maximum absolute atomic E-state index is 5.65. The normalized spacial score (nSPS) is 23.6. The molecule has 0 spiro atoms. The van der Waals surface area contributed by atoms with Crippen molar-refractivity contribution in [2.45, 2.75) is 25.0 Å². The molecule has 2 atom stereocenters. The Morgan fingerprint density at radius 2 is 2.14 bits per heavy atom. The summed E-state index contributed by atoms with van der Waals surface area (Å²) in [6.45, 7) is 0.878. The topological polar surface area (TPSA) is 21.3 Å². The zero-order valence-corrected chi connectivity index (χ0v) is 8.91. The van der Waals surface area contributed by atoms with Gasteiger partial charge in [0.25, 0.3) is 0 Å². The quantitative estimate of drug-likeness (QED) is 0.746. The second-order valence-electron chi connectivity index (χ2n) is 3.57. The maximum atomic E-state index is 5.65. The van der Waals surface area contributed by atoms with E-state index in [0.717, 1.165) is 19.4 Å². The van der Waals surface area contributed by atoms with Crippen LogP contribution in [-0.2, 0) is 4.74 Å². The standard InChI is InChI=1S/C11H15NOS/c14-12-11(10-7-4-8-13-10)9-5-2-1-3-6-9/h1-3,5-6,10-12,14H,4,7-8H2. The lowest BCUT2D eigenvalue weighted by molar-refractivity contribution is 0.0863. The Morgan fingerprint density at radius 3 is 2.71 bits per heavy atom. The van der Waals surface area contributed by atoms with Crippen molar-refractivity contribution < 1.29 is 4.74 Å². The number of rotatable bonds is 3. The summed E-state index contributed by atoms with van der Waals surface area (Å²) in [5.74, 6) is 0. The van der Waals surface area contributed by atoms with Gasteiger partial charge in [0.05, 0.1) is 12.1 Å². The first kappa shape index (κ1) is 10.0. The Hall–Kier alpha value is -0.510. The van der Waals surface area contributed by atoms with E-state index in [9.17, 15) is 0 Å². The van der Waals surface area contributed by atoms with Gasteiger partial charge in [0.2, 0.25) is 0 Å². The smallest absolute Gasteiger partial charge is 0.0778 e. The molecule has 0 amide bonds. The predicted molar refractivity (Wildman–Crippen MR) is 60.3 cm³/mol. The van der Waals surface area contributed by atoms with E-state index in [1.54, 1.807) is 0 Å². The van der Waals surface area contributed by atoms with Crippen LogP contribution in [0.5, 0.6) is 0 Å². The van der Waals surface area contributed by atoms with Crippen LogP contribution in [0.3, 0.4) is 0 Å². The van der Waals surface area contributed by atoms with E-state index in [1.807, 2.05) is 18.2 Å². The van der Waals surface area contributed by atoms with Crippen molar-refractivity contribution in [2.24, 2.45) is 0 Å². The Labute approximate surface area is 90.2 Å². The van der Waals surface area contributed by atoms with Crippen molar-refractivity contribution in [3.8, 4) is 0 Å². The third-order valence-corrected chi connectivity index (χ3v) is 2.91. The number of hydrogen-bond donors (Lipinski definition) is 2. The highest BCUT2D eigenvalue weighted by molar-refractivity contribution is 7.78. The highest BCUT2D eigenvalue weighted by atomic mass is 32.1. The van der Waals surface area contributed by atoms with Gasteiger partial charge in [0.1, 0.15) is 0 Å². The molecule has 1 N–H and O–H groups in total. The van der Waals surface area contributed by atoms with Crippen LogP contribution in [0.2, 0.25) is 0 Å². The van der Waals surface area contributed by atoms with E-state index >= 15 is 0 Å². The number of hydrogen-bond acceptors (Lipinski definition) is 3. The molecule has 2 rings (SSSR count). The van der Waals surface area contributed by atoms with Gasteiger partial charge in [0.15, 0.2) is 0 Å². The summed E-state index contributed by atoms with van der Waals surface area (Å²) in [6, 6.07) is 10.5. The molecule has 0 radical (unpaired) electrons. The number of nitrogens with one attached hydrogen (secondary N) is 1. The van der Waals surface area contributed by atoms with Gasteiger partial charge in [-0.15, -0.1) is 0 Å². The van der Waals surface area contributed by atoms with Crippen molar-refractivity contribution in [3.05, 3.63) is 35.9 Å². The number of thiol groups is 1. The van der Waals surface area contributed by atoms with Crippen molar-refractivity contribution >= 4 is 12.8 Å². The minimum absolute atomic E-state index is 0.210. The average molecular weight is 209 g/mol. The molecule has 2 nitrogen and oxygen atoms in total. The van der Waals surface area contributed by atoms with Crippen molar-refractivity contribution in [2.75, 3.05) is 6.61 Å². The molecule has 14 heavy (non-hydrogen) atoms. The first-order valence-corrected chi connectivity index (χ1v) is 5.42. The molecule has 3 heteroatoms. The van der Waals surface area contributed by atoms with E-state index < -0.39 is 0 Å². The van der Waals surface area contributed by atoms with Crippen LogP contribution in [-0.4, -0.2) is 12.7 Å². The predicted octanol–water partition coefficient (Wildman–Crippen LogP) is 2.34. The molecule has 0 aliphatic carbocycles. The first-order valence-electron chi connectivity index (χ1n) is 4.98. The second-order valence-corrected chi connectivity index (χ2v) is 3.83. The lowest BCUT2D eigenvalue weighted by Gasteiger charge is -2.21.